The van der Waals surface area contributed by atoms with Crippen molar-refractivity contribution in [3.05, 3.63) is 44.2 Å². The molecule has 2 rings (SSSR count). The fraction of sp³-hybridized carbons (Fsp3) is 0.476. The Bertz CT molecular complexity index is 948. The standard InChI is InChI=1S/C21H28IN3O4/c1-12(2)8-6-9-13(3)23-16-17(20(28)19(16)27)25(22)15-11-7-10-14(18(15)26)21(29)24(4)5/h7,10-13,23,26H,6,8-9H2,1-5H3. The fourth-order valence-corrected chi connectivity index (χ4v) is 3.92. The summed E-state index contributed by atoms with van der Waals surface area (Å²) in [5.41, 5.74) is -0.316. The molecule has 29 heavy (non-hydrogen) atoms. The maximum absolute atomic E-state index is 12.3. The van der Waals surface area contributed by atoms with Crippen molar-refractivity contribution >= 4 is 45.8 Å². The first kappa shape index (κ1) is 23.2. The molecule has 2 N–H and O–H groups in total. The normalized spacial score (nSPS) is 12.2. The molecule has 0 radical (unpaired) electrons. The number of hydrogen-bond donors (Lipinski definition) is 2. The lowest BCUT2D eigenvalue weighted by molar-refractivity contribution is 0.0824. The summed E-state index contributed by atoms with van der Waals surface area (Å²) in [5.74, 6) is 0.0368. The van der Waals surface area contributed by atoms with Gasteiger partial charge in [-0.2, -0.15) is 0 Å². The minimum atomic E-state index is -0.611. The van der Waals surface area contributed by atoms with Gasteiger partial charge >= 0.3 is 0 Å². The molecule has 1 atom stereocenters. The molecule has 2 aromatic rings. The zero-order valence-electron chi connectivity index (χ0n) is 17.5. The van der Waals surface area contributed by atoms with Gasteiger partial charge in [0.25, 0.3) is 16.8 Å². The van der Waals surface area contributed by atoms with Crippen LogP contribution in [0.15, 0.2) is 27.8 Å². The van der Waals surface area contributed by atoms with Crippen LogP contribution < -0.4 is 19.3 Å². The van der Waals surface area contributed by atoms with E-state index in [0.29, 0.717) is 5.92 Å². The van der Waals surface area contributed by atoms with Gasteiger partial charge in [0.1, 0.15) is 11.4 Å². The Morgan fingerprint density at radius 3 is 2.38 bits per heavy atom. The maximum atomic E-state index is 12.3. The minimum Gasteiger partial charge on any atom is -0.505 e. The summed E-state index contributed by atoms with van der Waals surface area (Å²) in [6.45, 7) is 6.32. The van der Waals surface area contributed by atoms with Crippen molar-refractivity contribution in [1.29, 1.82) is 0 Å². The van der Waals surface area contributed by atoms with Gasteiger partial charge in [0, 0.05) is 20.1 Å². The number of aromatic hydroxyl groups is 1. The maximum Gasteiger partial charge on any atom is 0.257 e. The van der Waals surface area contributed by atoms with Crippen LogP contribution in [0, 0.1) is 5.92 Å². The largest absolute Gasteiger partial charge is 0.505 e. The molecule has 0 aliphatic carbocycles. The second-order valence-electron chi connectivity index (χ2n) is 7.91. The van der Waals surface area contributed by atoms with Crippen molar-refractivity contribution in [2.45, 2.75) is 46.1 Å². The molecular formula is C21H28IN3O4. The highest BCUT2D eigenvalue weighted by Gasteiger charge is 2.29. The Kier molecular flexibility index (Phi) is 7.67. The molecule has 0 heterocycles. The number of nitrogens with one attached hydrogen (secondary N) is 1. The lowest BCUT2D eigenvalue weighted by Gasteiger charge is -2.25. The van der Waals surface area contributed by atoms with Crippen LogP contribution >= 0.6 is 22.9 Å². The highest BCUT2D eigenvalue weighted by Crippen LogP contribution is 2.40. The summed E-state index contributed by atoms with van der Waals surface area (Å²) in [7, 11) is 3.19. The van der Waals surface area contributed by atoms with Crippen LogP contribution in [0.25, 0.3) is 0 Å². The van der Waals surface area contributed by atoms with Crippen molar-refractivity contribution in [1.82, 2.24) is 4.90 Å². The third kappa shape index (κ3) is 5.09. The molecule has 7 nitrogen and oxygen atoms in total. The van der Waals surface area contributed by atoms with Gasteiger partial charge in [-0.1, -0.05) is 32.8 Å². The summed E-state index contributed by atoms with van der Waals surface area (Å²) in [6.07, 6.45) is 3.01. The number of benzene rings is 1. The average molecular weight is 513 g/mol. The molecular weight excluding hydrogens is 485 g/mol. The van der Waals surface area contributed by atoms with Crippen LogP contribution in [0.3, 0.4) is 0 Å². The predicted octanol–water partition coefficient (Wildman–Crippen LogP) is 3.80. The van der Waals surface area contributed by atoms with Crippen LogP contribution in [0.4, 0.5) is 17.1 Å². The van der Waals surface area contributed by atoms with E-state index >= 15 is 0 Å². The Morgan fingerprint density at radius 1 is 1.14 bits per heavy atom. The first-order valence-corrected chi connectivity index (χ1v) is 10.6. The van der Waals surface area contributed by atoms with Gasteiger partial charge in [0.2, 0.25) is 0 Å². The number of phenols is 1. The zero-order valence-corrected chi connectivity index (χ0v) is 19.6. The quantitative estimate of drug-likeness (QED) is 0.301. The smallest absolute Gasteiger partial charge is 0.257 e. The van der Waals surface area contributed by atoms with Gasteiger partial charge in [-0.15, -0.1) is 0 Å². The summed E-state index contributed by atoms with van der Waals surface area (Å²) in [5, 5.41) is 13.8. The monoisotopic (exact) mass is 513 g/mol. The number of anilines is 3. The number of carbonyl (C=O) groups is 1. The van der Waals surface area contributed by atoms with E-state index in [0.717, 1.165) is 19.3 Å². The van der Waals surface area contributed by atoms with E-state index in [4.69, 9.17) is 0 Å². The highest BCUT2D eigenvalue weighted by atomic mass is 127. The number of carbonyl (C=O) groups excluding carboxylic acids is 1. The molecule has 0 spiro atoms. The molecule has 2 aromatic carbocycles. The van der Waals surface area contributed by atoms with Gasteiger partial charge in [-0.05, 0) is 31.4 Å². The molecule has 158 valence electrons. The van der Waals surface area contributed by atoms with E-state index in [-0.39, 0.29) is 40.3 Å². The second-order valence-corrected chi connectivity index (χ2v) is 8.87. The van der Waals surface area contributed by atoms with Crippen molar-refractivity contribution in [2.75, 3.05) is 22.5 Å². The SMILES string of the molecule is CC(C)CCCC(C)Nc1c(N(I)c2cccc(C(=O)N(C)C)c2O)c(=O)c1=O. The number of hydrogen-bond acceptors (Lipinski definition) is 6. The molecule has 1 amide bonds. The molecule has 0 aliphatic heterocycles. The van der Waals surface area contributed by atoms with E-state index < -0.39 is 10.9 Å². The lowest BCUT2D eigenvalue weighted by atomic mass is 10.0. The molecule has 8 heteroatoms. The molecule has 0 fully saturated rings. The van der Waals surface area contributed by atoms with Gasteiger partial charge in [0.05, 0.1) is 34.1 Å². The van der Waals surface area contributed by atoms with Crippen molar-refractivity contribution in [2.24, 2.45) is 5.92 Å². The summed E-state index contributed by atoms with van der Waals surface area (Å²) in [4.78, 5) is 38.0. The number of rotatable bonds is 9. The van der Waals surface area contributed by atoms with Crippen LogP contribution in [0.2, 0.25) is 0 Å². The van der Waals surface area contributed by atoms with E-state index in [1.165, 1.54) is 14.1 Å². The van der Waals surface area contributed by atoms with E-state index in [9.17, 15) is 19.5 Å². The van der Waals surface area contributed by atoms with E-state index in [1.54, 1.807) is 26.2 Å². The van der Waals surface area contributed by atoms with Crippen LogP contribution in [0.1, 0.15) is 50.4 Å². The van der Waals surface area contributed by atoms with Gasteiger partial charge < -0.3 is 15.3 Å². The number of nitrogens with zero attached hydrogens (tertiary/aromatic N) is 2. The molecule has 0 bridgehead atoms. The Morgan fingerprint density at radius 2 is 1.79 bits per heavy atom. The number of para-hydroxylation sites is 1. The fourth-order valence-electron chi connectivity index (χ4n) is 3.08. The Hall–Kier alpha value is -2.10. The third-order valence-corrected chi connectivity index (χ3v) is 5.76. The molecule has 0 saturated heterocycles. The van der Waals surface area contributed by atoms with Crippen molar-refractivity contribution in [3.63, 3.8) is 0 Å². The summed E-state index contributed by atoms with van der Waals surface area (Å²) < 4.78 is 1.44. The van der Waals surface area contributed by atoms with Crippen molar-refractivity contribution in [3.8, 4) is 5.75 Å². The van der Waals surface area contributed by atoms with E-state index in [1.807, 2.05) is 29.8 Å². The zero-order chi connectivity index (χ0) is 21.9. The third-order valence-electron chi connectivity index (χ3n) is 4.75. The number of amides is 1. The second kappa shape index (κ2) is 9.60. The number of phenolic OH excluding ortho intramolecular Hbond substituents is 1. The molecule has 0 aromatic heterocycles. The lowest BCUT2D eigenvalue weighted by Crippen LogP contribution is -2.40. The minimum absolute atomic E-state index is 0.0378. The Labute approximate surface area is 184 Å². The summed E-state index contributed by atoms with van der Waals surface area (Å²) in [6, 6.07) is 4.78. The van der Waals surface area contributed by atoms with Gasteiger partial charge in [-0.25, -0.2) is 0 Å². The molecule has 0 aliphatic rings. The first-order valence-electron chi connectivity index (χ1n) is 9.65. The Balaban J connectivity index is 2.27. The van der Waals surface area contributed by atoms with Gasteiger partial charge in [0.15, 0.2) is 5.75 Å². The average Bonchev–Trinajstić information content (AvgIpc) is 2.66. The van der Waals surface area contributed by atoms with Crippen LogP contribution in [-0.2, 0) is 0 Å². The van der Waals surface area contributed by atoms with Crippen molar-refractivity contribution < 1.29 is 9.90 Å². The van der Waals surface area contributed by atoms with Crippen LogP contribution in [0.5, 0.6) is 5.75 Å². The van der Waals surface area contributed by atoms with E-state index in [2.05, 4.69) is 19.2 Å². The topological polar surface area (TPSA) is 89.9 Å². The van der Waals surface area contributed by atoms with Crippen LogP contribution in [-0.4, -0.2) is 36.1 Å². The summed E-state index contributed by atoms with van der Waals surface area (Å²) >= 11 is 1.87. The number of halogens is 1. The molecule has 1 unspecified atom stereocenters. The van der Waals surface area contributed by atoms with Gasteiger partial charge in [-0.3, -0.25) is 17.5 Å². The molecule has 0 saturated carbocycles. The predicted molar refractivity (Wildman–Crippen MR) is 125 cm³/mol. The highest BCUT2D eigenvalue weighted by molar-refractivity contribution is 14.1. The first-order chi connectivity index (χ1) is 13.6.